The second-order valence-corrected chi connectivity index (χ2v) is 15.2. The SMILES string of the molecule is C[C@@H]1C[C@H]2O[C@]3(O[C@H]2C(C)(C)O)[C@H]1[C@@]1(C)CCC2=C(CC[C@H]4C(C)(C)[C@@H]5CC[C@@]4(C2)O5)[C@]1(C)[C@H]3O. The minimum Gasteiger partial charge on any atom is -0.388 e. The van der Waals surface area contributed by atoms with Crippen LogP contribution in [-0.4, -0.2) is 51.6 Å². The molecule has 0 unspecified atom stereocenters. The van der Waals surface area contributed by atoms with E-state index in [1.807, 2.05) is 13.8 Å². The average Bonchev–Trinajstić information content (AvgIpc) is 3.36. The number of aliphatic hydroxyl groups is 2. The molecule has 196 valence electrons. The largest absolute Gasteiger partial charge is 0.388 e. The van der Waals surface area contributed by atoms with E-state index in [1.165, 1.54) is 18.4 Å². The highest BCUT2D eigenvalue weighted by Gasteiger charge is 2.80. The Hall–Kier alpha value is -0.460. The second-order valence-electron chi connectivity index (χ2n) is 15.2. The summed E-state index contributed by atoms with van der Waals surface area (Å²) in [6, 6.07) is 0. The average molecular weight is 487 g/mol. The van der Waals surface area contributed by atoms with Gasteiger partial charge in [-0.15, -0.1) is 0 Å². The third kappa shape index (κ3) is 2.50. The zero-order chi connectivity index (χ0) is 25.0. The van der Waals surface area contributed by atoms with Gasteiger partial charge in [-0.25, -0.2) is 0 Å². The van der Waals surface area contributed by atoms with Crippen LogP contribution in [0, 0.1) is 34.0 Å². The molecule has 4 aliphatic heterocycles. The van der Waals surface area contributed by atoms with Gasteiger partial charge in [-0.05, 0) is 87.9 Å². The predicted molar refractivity (Wildman–Crippen MR) is 132 cm³/mol. The van der Waals surface area contributed by atoms with E-state index in [2.05, 4.69) is 34.6 Å². The standard InChI is InChI=1S/C30H46O5/c1-16-14-19-23(26(4,5)32)35-30(33-19)22(16)27(6)12-10-17-15-29-13-11-21(34-29)25(2,3)20(29)9-8-18(17)28(27,7)24(30)31/h16,19-24,31-32H,8-15H2,1-7H3/t16-,19-,20+,21+,22-,23-,24-,27-,28-,29+,30+/m1/s1. The molecule has 0 amide bonds. The number of aliphatic hydroxyl groups excluding tert-OH is 1. The van der Waals surface area contributed by atoms with E-state index in [-0.39, 0.29) is 28.5 Å². The Labute approximate surface area is 211 Å². The fourth-order valence-electron chi connectivity index (χ4n) is 11.3. The summed E-state index contributed by atoms with van der Waals surface area (Å²) >= 11 is 0. The van der Waals surface area contributed by atoms with Gasteiger partial charge in [0.1, 0.15) is 12.2 Å². The van der Waals surface area contributed by atoms with Gasteiger partial charge in [0.2, 0.25) is 0 Å². The van der Waals surface area contributed by atoms with Gasteiger partial charge in [-0.1, -0.05) is 45.8 Å². The van der Waals surface area contributed by atoms with Crippen molar-refractivity contribution in [3.05, 3.63) is 11.1 Å². The van der Waals surface area contributed by atoms with Crippen molar-refractivity contribution < 1.29 is 24.4 Å². The van der Waals surface area contributed by atoms with Gasteiger partial charge in [0.15, 0.2) is 5.79 Å². The van der Waals surface area contributed by atoms with E-state index < -0.39 is 29.0 Å². The summed E-state index contributed by atoms with van der Waals surface area (Å²) in [5.74, 6) is 0.0201. The Bertz CT molecular complexity index is 995. The number of ether oxygens (including phenoxy) is 3. The summed E-state index contributed by atoms with van der Waals surface area (Å²) < 4.78 is 20.3. The molecule has 5 fully saturated rings. The normalized spacial score (nSPS) is 58.0. The fraction of sp³-hybridized carbons (Fsp3) is 0.933. The third-order valence-corrected chi connectivity index (χ3v) is 12.9. The minimum atomic E-state index is -1.03. The van der Waals surface area contributed by atoms with Gasteiger partial charge in [0.05, 0.1) is 23.4 Å². The molecule has 5 heteroatoms. The van der Waals surface area contributed by atoms with Crippen LogP contribution < -0.4 is 0 Å². The summed E-state index contributed by atoms with van der Waals surface area (Å²) in [6.07, 6.45) is 7.68. The molecule has 0 aromatic heterocycles. The van der Waals surface area contributed by atoms with Crippen molar-refractivity contribution in [1.82, 2.24) is 0 Å². The molecule has 4 bridgehead atoms. The first-order chi connectivity index (χ1) is 16.2. The Kier molecular flexibility index (Phi) is 4.44. The van der Waals surface area contributed by atoms with Crippen LogP contribution in [0.2, 0.25) is 0 Å². The lowest BCUT2D eigenvalue weighted by atomic mass is 9.52. The molecule has 11 atom stereocenters. The molecule has 7 rings (SSSR count). The van der Waals surface area contributed by atoms with E-state index >= 15 is 0 Å². The van der Waals surface area contributed by atoms with Crippen molar-refractivity contribution in [2.45, 2.75) is 141 Å². The van der Waals surface area contributed by atoms with Crippen LogP contribution in [0.5, 0.6) is 0 Å². The second kappa shape index (κ2) is 6.57. The molecule has 1 saturated carbocycles. The smallest absolute Gasteiger partial charge is 0.199 e. The monoisotopic (exact) mass is 486 g/mol. The third-order valence-electron chi connectivity index (χ3n) is 12.9. The number of fused-ring (bicyclic) bond motifs is 5. The highest BCUT2D eigenvalue weighted by atomic mass is 16.8. The lowest BCUT2D eigenvalue weighted by Gasteiger charge is -2.52. The topological polar surface area (TPSA) is 68.2 Å². The van der Waals surface area contributed by atoms with Gasteiger partial charge < -0.3 is 24.4 Å². The summed E-state index contributed by atoms with van der Waals surface area (Å²) in [6.45, 7) is 15.5. The van der Waals surface area contributed by atoms with Crippen LogP contribution in [0.3, 0.4) is 0 Å². The van der Waals surface area contributed by atoms with Crippen molar-refractivity contribution in [2.75, 3.05) is 0 Å². The van der Waals surface area contributed by atoms with Gasteiger partial charge in [0, 0.05) is 11.3 Å². The quantitative estimate of drug-likeness (QED) is 0.503. The maximum Gasteiger partial charge on any atom is 0.199 e. The summed E-state index contributed by atoms with van der Waals surface area (Å²) in [5.41, 5.74) is 1.73. The number of hydrogen-bond donors (Lipinski definition) is 2. The van der Waals surface area contributed by atoms with Gasteiger partial charge in [-0.2, -0.15) is 0 Å². The van der Waals surface area contributed by atoms with Crippen LogP contribution in [0.15, 0.2) is 11.1 Å². The van der Waals surface area contributed by atoms with Crippen LogP contribution in [0.25, 0.3) is 0 Å². The fourth-order valence-corrected chi connectivity index (χ4v) is 11.3. The number of rotatable bonds is 1. The zero-order valence-corrected chi connectivity index (χ0v) is 22.8. The van der Waals surface area contributed by atoms with E-state index in [9.17, 15) is 10.2 Å². The van der Waals surface area contributed by atoms with Crippen LogP contribution in [-0.2, 0) is 14.2 Å². The van der Waals surface area contributed by atoms with Gasteiger partial charge >= 0.3 is 0 Å². The number of hydrogen-bond acceptors (Lipinski definition) is 5. The molecule has 0 aromatic rings. The van der Waals surface area contributed by atoms with Crippen molar-refractivity contribution in [1.29, 1.82) is 0 Å². The molecule has 3 aliphatic carbocycles. The maximum absolute atomic E-state index is 12.4. The molecular weight excluding hydrogens is 440 g/mol. The highest BCUT2D eigenvalue weighted by Crippen LogP contribution is 2.76. The van der Waals surface area contributed by atoms with Crippen LogP contribution >= 0.6 is 0 Å². The van der Waals surface area contributed by atoms with Gasteiger partial charge in [-0.3, -0.25) is 0 Å². The van der Waals surface area contributed by atoms with Crippen LogP contribution in [0.1, 0.15) is 99.8 Å². The molecule has 2 N–H and O–H groups in total. The lowest BCUT2D eigenvalue weighted by Crippen LogP contribution is -2.52. The van der Waals surface area contributed by atoms with Crippen LogP contribution in [0.4, 0.5) is 0 Å². The van der Waals surface area contributed by atoms with Crippen molar-refractivity contribution >= 4 is 0 Å². The predicted octanol–water partition coefficient (Wildman–Crippen LogP) is 5.13. The molecule has 7 aliphatic rings. The van der Waals surface area contributed by atoms with Crippen molar-refractivity contribution in [2.24, 2.45) is 34.0 Å². The molecule has 4 heterocycles. The zero-order valence-electron chi connectivity index (χ0n) is 22.8. The first-order valence-corrected chi connectivity index (χ1v) is 14.4. The first-order valence-electron chi connectivity index (χ1n) is 14.4. The Balaban J connectivity index is 1.34. The molecular formula is C30H46O5. The minimum absolute atomic E-state index is 0.00525. The first kappa shape index (κ1) is 23.6. The molecule has 35 heavy (non-hydrogen) atoms. The van der Waals surface area contributed by atoms with Gasteiger partial charge in [0.25, 0.3) is 0 Å². The Morgan fingerprint density at radius 2 is 1.71 bits per heavy atom. The Morgan fingerprint density at radius 3 is 2.43 bits per heavy atom. The summed E-state index contributed by atoms with van der Waals surface area (Å²) in [5, 5.41) is 23.3. The van der Waals surface area contributed by atoms with E-state index in [1.54, 1.807) is 5.57 Å². The van der Waals surface area contributed by atoms with E-state index in [4.69, 9.17) is 14.2 Å². The van der Waals surface area contributed by atoms with E-state index in [0.29, 0.717) is 17.9 Å². The van der Waals surface area contributed by atoms with Crippen molar-refractivity contribution in [3.8, 4) is 0 Å². The van der Waals surface area contributed by atoms with E-state index in [0.717, 1.165) is 38.5 Å². The summed E-state index contributed by atoms with van der Waals surface area (Å²) in [4.78, 5) is 0. The molecule has 2 spiro atoms. The Morgan fingerprint density at radius 1 is 0.971 bits per heavy atom. The molecule has 0 radical (unpaired) electrons. The highest BCUT2D eigenvalue weighted by molar-refractivity contribution is 5.40. The lowest BCUT2D eigenvalue weighted by molar-refractivity contribution is -0.280. The molecule has 4 saturated heterocycles. The maximum atomic E-state index is 12.4. The summed E-state index contributed by atoms with van der Waals surface area (Å²) in [7, 11) is 0. The van der Waals surface area contributed by atoms with Crippen molar-refractivity contribution in [3.63, 3.8) is 0 Å². The molecule has 0 aromatic carbocycles. The molecule has 5 nitrogen and oxygen atoms in total.